The second-order valence-corrected chi connectivity index (χ2v) is 7.49. The number of aliphatic hydroxyl groups is 1. The highest BCUT2D eigenvalue weighted by Crippen LogP contribution is 2.12. The van der Waals surface area contributed by atoms with Gasteiger partial charge in [0, 0.05) is 0 Å². The van der Waals surface area contributed by atoms with Crippen LogP contribution >= 0.6 is 0 Å². The van der Waals surface area contributed by atoms with E-state index in [-0.39, 0.29) is 12.6 Å². The SMILES string of the molecule is COC(=O)c1ccc(OCCOCCOCCOCCOCCOCCOCCOCCOCCO)cc1. The van der Waals surface area contributed by atoms with Crippen LogP contribution in [0.25, 0.3) is 0 Å². The number of aliphatic hydroxyl groups excluding tert-OH is 1. The Labute approximate surface area is 225 Å². The van der Waals surface area contributed by atoms with Crippen LogP contribution in [0.3, 0.4) is 0 Å². The minimum Gasteiger partial charge on any atom is -0.491 e. The van der Waals surface area contributed by atoms with E-state index in [1.807, 2.05) is 0 Å². The van der Waals surface area contributed by atoms with E-state index >= 15 is 0 Å². The first kappa shape index (κ1) is 34.2. The van der Waals surface area contributed by atoms with Crippen LogP contribution < -0.4 is 4.74 Å². The van der Waals surface area contributed by atoms with Gasteiger partial charge in [0.15, 0.2) is 0 Å². The lowest BCUT2D eigenvalue weighted by molar-refractivity contribution is -0.0242. The van der Waals surface area contributed by atoms with Gasteiger partial charge in [-0.15, -0.1) is 0 Å². The third kappa shape index (κ3) is 21.1. The van der Waals surface area contributed by atoms with Gasteiger partial charge in [-0.2, -0.15) is 0 Å². The highest BCUT2D eigenvalue weighted by molar-refractivity contribution is 5.89. The molecule has 1 aromatic carbocycles. The van der Waals surface area contributed by atoms with Crippen molar-refractivity contribution in [1.82, 2.24) is 0 Å². The molecule has 0 bridgehead atoms. The molecule has 0 radical (unpaired) electrons. The summed E-state index contributed by atoms with van der Waals surface area (Å²) in [4.78, 5) is 11.4. The Morgan fingerprint density at radius 1 is 0.526 bits per heavy atom. The second-order valence-electron chi connectivity index (χ2n) is 7.49. The first-order valence-corrected chi connectivity index (χ1v) is 12.8. The molecule has 38 heavy (non-hydrogen) atoms. The van der Waals surface area contributed by atoms with Crippen molar-refractivity contribution in [2.75, 3.05) is 126 Å². The smallest absolute Gasteiger partial charge is 0.337 e. The summed E-state index contributed by atoms with van der Waals surface area (Å²) in [5.41, 5.74) is 0.477. The standard InChI is InChI=1S/C26H44O12/c1-29-26(28)24-2-4-25(5-3-24)38-23-22-37-21-20-36-19-18-35-17-16-34-15-14-33-13-12-32-11-10-31-9-8-30-7-6-27/h2-5,27H,6-23H2,1H3. The number of benzene rings is 1. The Hall–Kier alpha value is -1.87. The Morgan fingerprint density at radius 2 is 0.842 bits per heavy atom. The minimum absolute atomic E-state index is 0.0227. The van der Waals surface area contributed by atoms with Crippen molar-refractivity contribution in [3.05, 3.63) is 29.8 Å². The minimum atomic E-state index is -0.379. The molecule has 1 rings (SSSR count). The van der Waals surface area contributed by atoms with Gasteiger partial charge in [0.25, 0.3) is 0 Å². The highest BCUT2D eigenvalue weighted by atomic mass is 16.6. The van der Waals surface area contributed by atoms with E-state index in [4.69, 9.17) is 47.7 Å². The Morgan fingerprint density at radius 3 is 1.16 bits per heavy atom. The first-order valence-electron chi connectivity index (χ1n) is 12.8. The van der Waals surface area contributed by atoms with Gasteiger partial charge in [0.05, 0.1) is 125 Å². The lowest BCUT2D eigenvalue weighted by atomic mass is 10.2. The lowest BCUT2D eigenvalue weighted by Crippen LogP contribution is -2.15. The molecule has 1 aromatic rings. The molecule has 0 unspecified atom stereocenters. The predicted octanol–water partition coefficient (Wildman–Crippen LogP) is 0.977. The average Bonchev–Trinajstić information content (AvgIpc) is 2.94. The number of methoxy groups -OCH3 is 1. The van der Waals surface area contributed by atoms with Crippen LogP contribution in [0.4, 0.5) is 0 Å². The molecule has 0 aromatic heterocycles. The normalized spacial score (nSPS) is 11.1. The van der Waals surface area contributed by atoms with Crippen LogP contribution in [0.5, 0.6) is 5.75 Å². The summed E-state index contributed by atoms with van der Waals surface area (Å²) in [6, 6.07) is 6.73. The fourth-order valence-electron chi connectivity index (χ4n) is 2.73. The lowest BCUT2D eigenvalue weighted by Gasteiger charge is -2.09. The molecule has 0 spiro atoms. The maximum absolute atomic E-state index is 11.4. The van der Waals surface area contributed by atoms with E-state index in [1.54, 1.807) is 24.3 Å². The third-order valence-corrected chi connectivity index (χ3v) is 4.61. The van der Waals surface area contributed by atoms with E-state index in [2.05, 4.69) is 4.74 Å². The summed E-state index contributed by atoms with van der Waals surface area (Å²) in [6.45, 7) is 8.04. The number of ether oxygens (including phenoxy) is 10. The van der Waals surface area contributed by atoms with Crippen LogP contribution in [-0.2, 0) is 42.6 Å². The van der Waals surface area contributed by atoms with Crippen molar-refractivity contribution < 1.29 is 57.3 Å². The molecule has 0 heterocycles. The van der Waals surface area contributed by atoms with Gasteiger partial charge < -0.3 is 52.5 Å². The second kappa shape index (κ2) is 26.7. The Kier molecular flexibility index (Phi) is 24.0. The Bertz CT molecular complexity index is 644. The van der Waals surface area contributed by atoms with Crippen LogP contribution in [0.1, 0.15) is 10.4 Å². The van der Waals surface area contributed by atoms with Crippen molar-refractivity contribution in [3.63, 3.8) is 0 Å². The topological polar surface area (TPSA) is 130 Å². The maximum atomic E-state index is 11.4. The van der Waals surface area contributed by atoms with E-state index < -0.39 is 0 Å². The maximum Gasteiger partial charge on any atom is 0.337 e. The zero-order chi connectivity index (χ0) is 27.4. The molecule has 220 valence electrons. The van der Waals surface area contributed by atoms with Gasteiger partial charge in [-0.3, -0.25) is 0 Å². The molecular formula is C26H44O12. The van der Waals surface area contributed by atoms with Crippen molar-refractivity contribution in [1.29, 1.82) is 0 Å². The molecule has 0 aliphatic rings. The molecule has 0 atom stereocenters. The average molecular weight is 549 g/mol. The molecule has 0 aliphatic carbocycles. The van der Waals surface area contributed by atoms with Crippen molar-refractivity contribution in [3.8, 4) is 5.75 Å². The fraction of sp³-hybridized carbons (Fsp3) is 0.731. The zero-order valence-corrected chi connectivity index (χ0v) is 22.5. The predicted molar refractivity (Wildman–Crippen MR) is 137 cm³/mol. The van der Waals surface area contributed by atoms with Gasteiger partial charge in [-0.1, -0.05) is 0 Å². The van der Waals surface area contributed by atoms with Gasteiger partial charge in [-0.05, 0) is 24.3 Å². The van der Waals surface area contributed by atoms with Gasteiger partial charge >= 0.3 is 5.97 Å². The molecule has 0 aliphatic heterocycles. The largest absolute Gasteiger partial charge is 0.491 e. The fourth-order valence-corrected chi connectivity index (χ4v) is 2.73. The number of carbonyl (C=O) groups is 1. The summed E-state index contributed by atoms with van der Waals surface area (Å²) < 4.78 is 53.2. The Balaban J connectivity index is 1.71. The number of hydrogen-bond donors (Lipinski definition) is 1. The van der Waals surface area contributed by atoms with E-state index in [9.17, 15) is 4.79 Å². The molecule has 12 heteroatoms. The zero-order valence-electron chi connectivity index (χ0n) is 22.5. The van der Waals surface area contributed by atoms with Crippen molar-refractivity contribution in [2.45, 2.75) is 0 Å². The van der Waals surface area contributed by atoms with E-state index in [1.165, 1.54) is 7.11 Å². The summed E-state index contributed by atoms with van der Waals surface area (Å²) in [6.07, 6.45) is 0. The number of esters is 1. The first-order chi connectivity index (χ1) is 18.8. The van der Waals surface area contributed by atoms with E-state index in [0.717, 1.165) is 0 Å². The monoisotopic (exact) mass is 548 g/mol. The molecule has 0 fully saturated rings. The van der Waals surface area contributed by atoms with Crippen molar-refractivity contribution in [2.24, 2.45) is 0 Å². The number of hydrogen-bond acceptors (Lipinski definition) is 12. The van der Waals surface area contributed by atoms with Crippen LogP contribution in [0.2, 0.25) is 0 Å². The molecular weight excluding hydrogens is 504 g/mol. The number of carbonyl (C=O) groups excluding carboxylic acids is 1. The van der Waals surface area contributed by atoms with Gasteiger partial charge in [0.2, 0.25) is 0 Å². The molecule has 1 N–H and O–H groups in total. The number of rotatable bonds is 28. The summed E-state index contributed by atoms with van der Waals surface area (Å²) in [5.74, 6) is 0.281. The van der Waals surface area contributed by atoms with Crippen molar-refractivity contribution >= 4 is 5.97 Å². The summed E-state index contributed by atoms with van der Waals surface area (Å²) in [7, 11) is 1.35. The van der Waals surface area contributed by atoms with Gasteiger partial charge in [0.1, 0.15) is 12.4 Å². The van der Waals surface area contributed by atoms with E-state index in [0.29, 0.717) is 124 Å². The van der Waals surface area contributed by atoms with Crippen LogP contribution in [0.15, 0.2) is 24.3 Å². The van der Waals surface area contributed by atoms with Crippen LogP contribution in [0, 0.1) is 0 Å². The third-order valence-electron chi connectivity index (χ3n) is 4.61. The quantitative estimate of drug-likeness (QED) is 0.118. The summed E-state index contributed by atoms with van der Waals surface area (Å²) in [5, 5.41) is 8.56. The summed E-state index contributed by atoms with van der Waals surface area (Å²) >= 11 is 0. The van der Waals surface area contributed by atoms with Crippen LogP contribution in [-0.4, -0.2) is 137 Å². The van der Waals surface area contributed by atoms with Gasteiger partial charge in [-0.25, -0.2) is 4.79 Å². The molecule has 12 nitrogen and oxygen atoms in total. The molecule has 0 amide bonds. The molecule has 0 saturated heterocycles. The highest BCUT2D eigenvalue weighted by Gasteiger charge is 2.04. The molecule has 0 saturated carbocycles.